The normalized spacial score (nSPS) is 10.8. The van der Waals surface area contributed by atoms with Crippen molar-refractivity contribution >= 4 is 22.6 Å². The van der Waals surface area contributed by atoms with E-state index in [1.807, 2.05) is 30.3 Å². The van der Waals surface area contributed by atoms with Gasteiger partial charge in [0.1, 0.15) is 18.2 Å². The highest BCUT2D eigenvalue weighted by Crippen LogP contribution is 2.34. The molecule has 140 valence electrons. The van der Waals surface area contributed by atoms with Crippen LogP contribution in [0.1, 0.15) is 30.0 Å². The van der Waals surface area contributed by atoms with E-state index in [1.165, 1.54) is 23.3 Å². The Bertz CT molecular complexity index is 860. The summed E-state index contributed by atoms with van der Waals surface area (Å²) in [6.07, 6.45) is 3.18. The first-order valence-corrected chi connectivity index (χ1v) is 10.9. The predicted octanol–water partition coefficient (Wildman–Crippen LogP) is 7.00. The summed E-state index contributed by atoms with van der Waals surface area (Å²) in [4.78, 5) is 0. The lowest BCUT2D eigenvalue weighted by Crippen LogP contribution is -2.01. The summed E-state index contributed by atoms with van der Waals surface area (Å²) in [6.45, 7) is 2.70. The van der Waals surface area contributed by atoms with Crippen LogP contribution in [0.3, 0.4) is 0 Å². The maximum Gasteiger partial charge on any atom is 0.127 e. The van der Waals surface area contributed by atoms with Gasteiger partial charge in [0.25, 0.3) is 0 Å². The topological polar surface area (TPSA) is 9.23 Å². The predicted molar refractivity (Wildman–Crippen MR) is 119 cm³/mol. The fraction of sp³-hybridized carbons (Fsp3) is 0.250. The van der Waals surface area contributed by atoms with Gasteiger partial charge in [0.2, 0.25) is 0 Å². The fourth-order valence-corrected chi connectivity index (χ4v) is 3.58. The summed E-state index contributed by atoms with van der Waals surface area (Å²) in [5.74, 6) is 0.644. The maximum absolute atomic E-state index is 13.4. The number of benzene rings is 3. The molecule has 3 heteroatoms. The van der Waals surface area contributed by atoms with Gasteiger partial charge in [-0.3, -0.25) is 0 Å². The van der Waals surface area contributed by atoms with Gasteiger partial charge in [0.05, 0.1) is 0 Å². The molecule has 0 spiro atoms. The summed E-state index contributed by atoms with van der Waals surface area (Å²) >= 11 is 2.42. The molecule has 0 radical (unpaired) electrons. The van der Waals surface area contributed by atoms with Crippen molar-refractivity contribution in [3.05, 3.63) is 89.2 Å². The molecule has 0 saturated carbocycles. The van der Waals surface area contributed by atoms with E-state index in [0.717, 1.165) is 46.1 Å². The SMILES string of the molecule is CCc1cc(-c2ccc(F)cc2)c(OCc2ccccc2)cc1CCCI. The second-order valence-corrected chi connectivity index (χ2v) is 7.62. The minimum Gasteiger partial charge on any atom is -0.488 e. The third-order valence-electron chi connectivity index (χ3n) is 4.65. The molecule has 0 aromatic heterocycles. The van der Waals surface area contributed by atoms with Crippen LogP contribution in [0.5, 0.6) is 5.75 Å². The molecule has 1 nitrogen and oxygen atoms in total. The van der Waals surface area contributed by atoms with Crippen molar-refractivity contribution < 1.29 is 9.13 Å². The molecule has 0 aliphatic rings. The second-order valence-electron chi connectivity index (χ2n) is 6.54. The number of ether oxygens (including phenoxy) is 1. The van der Waals surface area contributed by atoms with E-state index in [0.29, 0.717) is 6.61 Å². The van der Waals surface area contributed by atoms with Crippen LogP contribution in [0.4, 0.5) is 4.39 Å². The lowest BCUT2D eigenvalue weighted by molar-refractivity contribution is 0.307. The summed E-state index contributed by atoms with van der Waals surface area (Å²) < 4.78 is 20.8. The molecule has 0 bridgehead atoms. The van der Waals surface area contributed by atoms with Gasteiger partial charge in [0, 0.05) is 5.56 Å². The third kappa shape index (κ3) is 5.32. The van der Waals surface area contributed by atoms with Crippen LogP contribution >= 0.6 is 22.6 Å². The molecule has 0 atom stereocenters. The van der Waals surface area contributed by atoms with Gasteiger partial charge in [-0.1, -0.05) is 72.0 Å². The lowest BCUT2D eigenvalue weighted by atomic mass is 9.94. The van der Waals surface area contributed by atoms with Crippen molar-refractivity contribution in [1.29, 1.82) is 0 Å². The van der Waals surface area contributed by atoms with Crippen LogP contribution in [-0.4, -0.2) is 4.43 Å². The van der Waals surface area contributed by atoms with Crippen LogP contribution in [0, 0.1) is 5.82 Å². The van der Waals surface area contributed by atoms with Crippen molar-refractivity contribution in [2.45, 2.75) is 32.8 Å². The third-order valence-corrected chi connectivity index (χ3v) is 5.42. The first-order valence-electron chi connectivity index (χ1n) is 9.35. The standard InChI is InChI=1S/C24H24FIO/c1-2-19-15-23(20-10-12-22(25)13-11-20)24(16-21(19)9-6-14-26)27-17-18-7-4-3-5-8-18/h3-5,7-8,10-13,15-16H,2,6,9,14,17H2,1H3. The van der Waals surface area contributed by atoms with Crippen molar-refractivity contribution in [2.24, 2.45) is 0 Å². The molecule has 3 aromatic rings. The van der Waals surface area contributed by atoms with E-state index in [9.17, 15) is 4.39 Å². The lowest BCUT2D eigenvalue weighted by Gasteiger charge is -2.17. The Kier molecular flexibility index (Phi) is 7.27. The average molecular weight is 474 g/mol. The first-order chi connectivity index (χ1) is 13.2. The molecular formula is C24H24FIO. The summed E-state index contributed by atoms with van der Waals surface area (Å²) in [6, 6.07) is 21.2. The zero-order valence-electron chi connectivity index (χ0n) is 15.6. The van der Waals surface area contributed by atoms with Gasteiger partial charge < -0.3 is 4.74 Å². The highest BCUT2D eigenvalue weighted by Gasteiger charge is 2.13. The Hall–Kier alpha value is -1.88. The zero-order valence-corrected chi connectivity index (χ0v) is 17.7. The van der Waals surface area contributed by atoms with Crippen LogP contribution in [0.2, 0.25) is 0 Å². The van der Waals surface area contributed by atoms with Gasteiger partial charge >= 0.3 is 0 Å². The van der Waals surface area contributed by atoms with Crippen LogP contribution in [0.15, 0.2) is 66.7 Å². The van der Waals surface area contributed by atoms with E-state index in [1.54, 1.807) is 0 Å². The molecule has 0 aliphatic heterocycles. The molecular weight excluding hydrogens is 450 g/mol. The maximum atomic E-state index is 13.4. The second kappa shape index (κ2) is 9.88. The average Bonchev–Trinajstić information content (AvgIpc) is 2.72. The zero-order chi connectivity index (χ0) is 19.1. The fourth-order valence-electron chi connectivity index (χ4n) is 3.20. The van der Waals surface area contributed by atoms with Gasteiger partial charge in [-0.15, -0.1) is 0 Å². The smallest absolute Gasteiger partial charge is 0.127 e. The minimum absolute atomic E-state index is 0.222. The van der Waals surface area contributed by atoms with Gasteiger partial charge in [-0.25, -0.2) is 4.39 Å². The molecule has 0 N–H and O–H groups in total. The van der Waals surface area contributed by atoms with E-state index >= 15 is 0 Å². The van der Waals surface area contributed by atoms with Crippen molar-refractivity contribution in [1.82, 2.24) is 0 Å². The minimum atomic E-state index is -0.222. The summed E-state index contributed by atoms with van der Waals surface area (Å²) in [5, 5.41) is 0. The van der Waals surface area contributed by atoms with Gasteiger partial charge in [0.15, 0.2) is 0 Å². The molecule has 0 unspecified atom stereocenters. The summed E-state index contributed by atoms with van der Waals surface area (Å²) in [5.41, 5.74) is 5.83. The van der Waals surface area contributed by atoms with Crippen LogP contribution < -0.4 is 4.74 Å². The van der Waals surface area contributed by atoms with Crippen molar-refractivity contribution in [2.75, 3.05) is 4.43 Å². The largest absolute Gasteiger partial charge is 0.488 e. The quantitative estimate of drug-likeness (QED) is 0.252. The molecule has 0 fully saturated rings. The van der Waals surface area contributed by atoms with E-state index in [2.05, 4.69) is 53.8 Å². The molecule has 0 amide bonds. The summed E-state index contributed by atoms with van der Waals surface area (Å²) in [7, 11) is 0. The van der Waals surface area contributed by atoms with Crippen molar-refractivity contribution in [3.8, 4) is 16.9 Å². The van der Waals surface area contributed by atoms with Crippen molar-refractivity contribution in [3.63, 3.8) is 0 Å². The number of hydrogen-bond donors (Lipinski definition) is 0. The molecule has 0 saturated heterocycles. The molecule has 3 aromatic carbocycles. The Morgan fingerprint density at radius 2 is 1.67 bits per heavy atom. The highest BCUT2D eigenvalue weighted by atomic mass is 127. The number of hydrogen-bond acceptors (Lipinski definition) is 1. The van der Waals surface area contributed by atoms with E-state index < -0.39 is 0 Å². The Morgan fingerprint density at radius 1 is 0.926 bits per heavy atom. The van der Waals surface area contributed by atoms with E-state index in [4.69, 9.17) is 4.74 Å². The van der Waals surface area contributed by atoms with E-state index in [-0.39, 0.29) is 5.82 Å². The molecule has 0 aliphatic carbocycles. The molecule has 3 rings (SSSR count). The van der Waals surface area contributed by atoms with Gasteiger partial charge in [-0.05, 0) is 70.2 Å². The van der Waals surface area contributed by atoms with Gasteiger partial charge in [-0.2, -0.15) is 0 Å². The highest BCUT2D eigenvalue weighted by molar-refractivity contribution is 14.1. The number of alkyl halides is 1. The number of aryl methyl sites for hydroxylation is 2. The Labute approximate surface area is 174 Å². The molecule has 0 heterocycles. The van der Waals surface area contributed by atoms with Crippen LogP contribution in [-0.2, 0) is 19.4 Å². The number of rotatable bonds is 8. The number of halogens is 2. The molecule has 27 heavy (non-hydrogen) atoms. The van der Waals surface area contributed by atoms with Crippen LogP contribution in [0.25, 0.3) is 11.1 Å². The Balaban J connectivity index is 1.98. The monoisotopic (exact) mass is 474 g/mol. The Morgan fingerprint density at radius 3 is 2.33 bits per heavy atom. The first kappa shape index (κ1) is 19.9.